The fraction of sp³-hybridized carbons (Fsp3) is 0.375. The van der Waals surface area contributed by atoms with E-state index < -0.39 is 0 Å². The van der Waals surface area contributed by atoms with Gasteiger partial charge < -0.3 is 5.32 Å². The minimum absolute atomic E-state index is 0.0918. The summed E-state index contributed by atoms with van der Waals surface area (Å²) >= 11 is 1.44. The summed E-state index contributed by atoms with van der Waals surface area (Å²) in [5.74, 6) is -0.197. The standard InChI is InChI=1S/C8H9N3O2S/c1-5(7-9-2-3-14-7)11-6(12)4-10-8(11)13/h2-3,5H,4H2,1H3,(H,10,13). The smallest absolute Gasteiger partial charge is 0.325 e. The molecule has 1 unspecified atom stereocenters. The van der Waals surface area contributed by atoms with Crippen LogP contribution in [0.3, 0.4) is 0 Å². The van der Waals surface area contributed by atoms with Crippen molar-refractivity contribution in [1.82, 2.24) is 15.2 Å². The third-order valence-electron chi connectivity index (χ3n) is 2.07. The Morgan fingerprint density at radius 3 is 2.93 bits per heavy atom. The highest BCUT2D eigenvalue weighted by molar-refractivity contribution is 7.09. The van der Waals surface area contributed by atoms with E-state index in [1.54, 1.807) is 13.1 Å². The summed E-state index contributed by atoms with van der Waals surface area (Å²) in [7, 11) is 0. The van der Waals surface area contributed by atoms with Gasteiger partial charge in [0.15, 0.2) is 0 Å². The molecule has 1 aromatic rings. The van der Waals surface area contributed by atoms with Gasteiger partial charge in [-0.2, -0.15) is 0 Å². The first-order valence-corrected chi connectivity index (χ1v) is 5.07. The molecule has 0 radical (unpaired) electrons. The van der Waals surface area contributed by atoms with E-state index in [4.69, 9.17) is 0 Å². The summed E-state index contributed by atoms with van der Waals surface area (Å²) in [5.41, 5.74) is 0. The van der Waals surface area contributed by atoms with Crippen molar-refractivity contribution in [2.75, 3.05) is 6.54 Å². The summed E-state index contributed by atoms with van der Waals surface area (Å²) < 4.78 is 0. The molecule has 1 saturated heterocycles. The lowest BCUT2D eigenvalue weighted by Gasteiger charge is -2.18. The molecule has 1 fully saturated rings. The highest BCUT2D eigenvalue weighted by atomic mass is 32.1. The molecule has 74 valence electrons. The van der Waals surface area contributed by atoms with E-state index in [0.29, 0.717) is 0 Å². The van der Waals surface area contributed by atoms with E-state index in [1.807, 2.05) is 5.38 Å². The van der Waals surface area contributed by atoms with Gasteiger partial charge >= 0.3 is 6.03 Å². The van der Waals surface area contributed by atoms with Gasteiger partial charge in [0, 0.05) is 11.6 Å². The van der Waals surface area contributed by atoms with E-state index in [0.717, 1.165) is 5.01 Å². The molecule has 0 aromatic carbocycles. The molecular weight excluding hydrogens is 202 g/mol. The van der Waals surface area contributed by atoms with Gasteiger partial charge in [0.2, 0.25) is 0 Å². The molecule has 14 heavy (non-hydrogen) atoms. The molecule has 0 bridgehead atoms. The van der Waals surface area contributed by atoms with Crippen LogP contribution in [0.25, 0.3) is 0 Å². The van der Waals surface area contributed by atoms with Crippen LogP contribution >= 0.6 is 11.3 Å². The molecule has 5 nitrogen and oxygen atoms in total. The van der Waals surface area contributed by atoms with E-state index in [9.17, 15) is 9.59 Å². The topological polar surface area (TPSA) is 62.3 Å². The van der Waals surface area contributed by atoms with E-state index in [1.165, 1.54) is 16.2 Å². The van der Waals surface area contributed by atoms with Crippen molar-refractivity contribution in [2.24, 2.45) is 0 Å². The van der Waals surface area contributed by atoms with Crippen molar-refractivity contribution < 1.29 is 9.59 Å². The molecule has 0 spiro atoms. The summed E-state index contributed by atoms with van der Waals surface area (Å²) in [6.45, 7) is 1.89. The number of amides is 3. The Labute approximate surface area is 84.7 Å². The fourth-order valence-electron chi connectivity index (χ4n) is 1.38. The molecule has 3 amide bonds. The number of imide groups is 1. The molecule has 2 rings (SSSR count). The monoisotopic (exact) mass is 211 g/mol. The van der Waals surface area contributed by atoms with Crippen LogP contribution in [-0.2, 0) is 4.79 Å². The SMILES string of the molecule is CC(c1nccs1)N1C(=O)CNC1=O. The quantitative estimate of drug-likeness (QED) is 0.734. The van der Waals surface area contributed by atoms with E-state index in [-0.39, 0.29) is 24.5 Å². The van der Waals surface area contributed by atoms with Crippen molar-refractivity contribution in [3.63, 3.8) is 0 Å². The molecule has 2 heterocycles. The fourth-order valence-corrected chi connectivity index (χ4v) is 2.06. The molecule has 1 aliphatic rings. The summed E-state index contributed by atoms with van der Waals surface area (Å²) in [6.07, 6.45) is 1.66. The largest absolute Gasteiger partial charge is 0.329 e. The predicted molar refractivity (Wildman–Crippen MR) is 50.8 cm³/mol. The van der Waals surface area contributed by atoms with Gasteiger partial charge in [0.1, 0.15) is 5.01 Å². The van der Waals surface area contributed by atoms with Gasteiger partial charge in [-0.15, -0.1) is 11.3 Å². The van der Waals surface area contributed by atoms with Crippen LogP contribution in [0.5, 0.6) is 0 Å². The number of nitrogens with zero attached hydrogens (tertiary/aromatic N) is 2. The average molecular weight is 211 g/mol. The summed E-state index contributed by atoms with van der Waals surface area (Å²) in [4.78, 5) is 27.9. The molecule has 6 heteroatoms. The number of hydrogen-bond acceptors (Lipinski definition) is 4. The lowest BCUT2D eigenvalue weighted by atomic mass is 10.3. The van der Waals surface area contributed by atoms with Crippen molar-refractivity contribution in [1.29, 1.82) is 0 Å². The highest BCUT2D eigenvalue weighted by Gasteiger charge is 2.34. The molecule has 1 aromatic heterocycles. The maximum atomic E-state index is 11.3. The lowest BCUT2D eigenvalue weighted by Crippen LogP contribution is -2.33. The van der Waals surface area contributed by atoms with Crippen molar-refractivity contribution in [3.8, 4) is 0 Å². The number of thiazole rings is 1. The van der Waals surface area contributed by atoms with Gasteiger partial charge in [-0.1, -0.05) is 0 Å². The second-order valence-electron chi connectivity index (χ2n) is 2.97. The Balaban J connectivity index is 2.22. The zero-order valence-corrected chi connectivity index (χ0v) is 8.37. The van der Waals surface area contributed by atoms with Crippen LogP contribution in [0.15, 0.2) is 11.6 Å². The lowest BCUT2D eigenvalue weighted by molar-refractivity contribution is -0.126. The third kappa shape index (κ3) is 1.37. The normalized spacial score (nSPS) is 18.5. The predicted octanol–water partition coefficient (Wildman–Crippen LogP) is 0.756. The second kappa shape index (κ2) is 3.38. The summed E-state index contributed by atoms with van der Waals surface area (Å²) in [5, 5.41) is 5.07. The first kappa shape index (κ1) is 9.14. The van der Waals surface area contributed by atoms with Crippen LogP contribution in [0.2, 0.25) is 0 Å². The van der Waals surface area contributed by atoms with Crippen molar-refractivity contribution in [2.45, 2.75) is 13.0 Å². The Morgan fingerprint density at radius 1 is 1.64 bits per heavy atom. The molecule has 1 atom stereocenters. The van der Waals surface area contributed by atoms with Crippen LogP contribution in [0.4, 0.5) is 4.79 Å². The number of nitrogens with one attached hydrogen (secondary N) is 1. The van der Waals surface area contributed by atoms with Crippen LogP contribution < -0.4 is 5.32 Å². The van der Waals surface area contributed by atoms with Crippen LogP contribution in [0.1, 0.15) is 18.0 Å². The first-order chi connectivity index (χ1) is 6.70. The Bertz CT molecular complexity index is 347. The van der Waals surface area contributed by atoms with Crippen LogP contribution in [-0.4, -0.2) is 28.4 Å². The molecular formula is C8H9N3O2S. The van der Waals surface area contributed by atoms with Gasteiger partial charge in [0.25, 0.3) is 5.91 Å². The second-order valence-corrected chi connectivity index (χ2v) is 3.89. The van der Waals surface area contributed by atoms with Gasteiger partial charge in [-0.05, 0) is 6.92 Å². The summed E-state index contributed by atoms with van der Waals surface area (Å²) in [6, 6.07) is -0.609. The maximum Gasteiger partial charge on any atom is 0.325 e. The first-order valence-electron chi connectivity index (χ1n) is 4.19. The van der Waals surface area contributed by atoms with Crippen molar-refractivity contribution >= 4 is 23.3 Å². The number of carbonyl (C=O) groups is 2. The Morgan fingerprint density at radius 2 is 2.43 bits per heavy atom. The highest BCUT2D eigenvalue weighted by Crippen LogP contribution is 2.23. The number of carbonyl (C=O) groups excluding carboxylic acids is 2. The van der Waals surface area contributed by atoms with Crippen molar-refractivity contribution in [3.05, 3.63) is 16.6 Å². The Kier molecular flexibility index (Phi) is 2.20. The molecule has 1 aliphatic heterocycles. The van der Waals surface area contributed by atoms with E-state index >= 15 is 0 Å². The maximum absolute atomic E-state index is 11.3. The van der Waals surface area contributed by atoms with Gasteiger partial charge in [0.05, 0.1) is 12.6 Å². The van der Waals surface area contributed by atoms with Gasteiger partial charge in [-0.3, -0.25) is 9.69 Å². The Hall–Kier alpha value is -1.43. The zero-order valence-electron chi connectivity index (χ0n) is 7.56. The van der Waals surface area contributed by atoms with Crippen LogP contribution in [0, 0.1) is 0 Å². The van der Waals surface area contributed by atoms with E-state index in [2.05, 4.69) is 10.3 Å². The minimum atomic E-state index is -0.335. The minimum Gasteiger partial charge on any atom is -0.329 e. The average Bonchev–Trinajstić information content (AvgIpc) is 2.75. The van der Waals surface area contributed by atoms with Gasteiger partial charge in [-0.25, -0.2) is 9.78 Å². The number of aromatic nitrogens is 1. The molecule has 0 saturated carbocycles. The molecule has 0 aliphatic carbocycles. The number of urea groups is 1. The third-order valence-corrected chi connectivity index (χ3v) is 3.02. The number of hydrogen-bond donors (Lipinski definition) is 1. The number of rotatable bonds is 2. The zero-order chi connectivity index (χ0) is 10.1. The molecule has 1 N–H and O–H groups in total.